The number of rotatable bonds is 38. The fraction of sp³-hybridized carbons (Fsp3) is 0.905. The summed E-state index contributed by atoms with van der Waals surface area (Å²) in [7, 11) is 3.37. The van der Waals surface area contributed by atoms with E-state index in [2.05, 4.69) is 13.8 Å². The highest BCUT2D eigenvalue weighted by Gasteiger charge is 2.43. The molecule has 0 aliphatic carbocycles. The van der Waals surface area contributed by atoms with Gasteiger partial charge in [0.05, 0.1) is 14.1 Å². The quantitative estimate of drug-likeness (QED) is 0.0285. The molecule has 0 aliphatic heterocycles. The Labute approximate surface area is 292 Å². The van der Waals surface area contributed by atoms with Crippen LogP contribution in [0.5, 0.6) is 0 Å². The molecule has 276 valence electrons. The average Bonchev–Trinajstić information content (AvgIpc) is 3.05. The van der Waals surface area contributed by atoms with Crippen LogP contribution in [0.15, 0.2) is 0 Å². The summed E-state index contributed by atoms with van der Waals surface area (Å²) in [5.74, 6) is -0.294. The van der Waals surface area contributed by atoms with Gasteiger partial charge in [0.15, 0.2) is 24.1 Å². The zero-order valence-corrected chi connectivity index (χ0v) is 32.0. The van der Waals surface area contributed by atoms with E-state index in [4.69, 9.17) is 0 Å². The van der Waals surface area contributed by atoms with Crippen LogP contribution in [0.25, 0.3) is 0 Å². The van der Waals surface area contributed by atoms with Crippen LogP contribution in [0, 0.1) is 0 Å². The molecule has 0 aromatic carbocycles. The summed E-state index contributed by atoms with van der Waals surface area (Å²) in [5, 5.41) is 0. The van der Waals surface area contributed by atoms with Crippen molar-refractivity contribution in [3.63, 3.8) is 0 Å². The molecule has 0 fully saturated rings. The molecule has 0 amide bonds. The van der Waals surface area contributed by atoms with Gasteiger partial charge in [-0.15, -0.1) is 0 Å². The van der Waals surface area contributed by atoms with Gasteiger partial charge in [-0.3, -0.25) is 23.7 Å². The number of carbonyl (C=O) groups is 4. The topological polar surface area (TPSA) is 68.3 Å². The first-order chi connectivity index (χ1) is 22.9. The number of aldehydes is 2. The van der Waals surface area contributed by atoms with Gasteiger partial charge in [-0.25, -0.2) is 0 Å². The zero-order valence-electron chi connectivity index (χ0n) is 32.0. The van der Waals surface area contributed by atoms with Gasteiger partial charge >= 0.3 is 0 Å². The molecule has 2 unspecified atom stereocenters. The van der Waals surface area contributed by atoms with Gasteiger partial charge in [-0.2, -0.15) is 0 Å². The molecule has 0 spiro atoms. The normalized spacial score (nSPS) is 13.0. The number of hydrogen-bond acceptors (Lipinski definition) is 4. The second kappa shape index (κ2) is 33.2. The van der Waals surface area contributed by atoms with Crippen LogP contribution >= 0.6 is 0 Å². The van der Waals surface area contributed by atoms with Crippen LogP contribution < -0.4 is 0 Å². The highest BCUT2D eigenvalue weighted by Crippen LogP contribution is 2.20. The maximum Gasteiger partial charge on any atom is 0.204 e. The Bertz CT molecular complexity index is 689. The van der Waals surface area contributed by atoms with E-state index in [0.29, 0.717) is 25.4 Å². The maximum atomic E-state index is 13.0. The van der Waals surface area contributed by atoms with Gasteiger partial charge in [0.1, 0.15) is 0 Å². The number of Topliss-reactive ketones (excluding diaryl/α,β-unsaturated/α-hetero) is 2. The third-order valence-electron chi connectivity index (χ3n) is 10.4. The molecule has 2 atom stereocenters. The van der Waals surface area contributed by atoms with Crippen LogP contribution in [-0.4, -0.2) is 54.8 Å². The Balaban J connectivity index is 4.05. The average molecular weight is 663 g/mol. The molecule has 0 saturated carbocycles. The van der Waals surface area contributed by atoms with Crippen molar-refractivity contribution in [3.05, 3.63) is 0 Å². The molecule has 0 aliphatic rings. The van der Waals surface area contributed by atoms with Crippen LogP contribution in [0.2, 0.25) is 0 Å². The Kier molecular flexibility index (Phi) is 32.2. The molecule has 0 bridgehead atoms. The molecule has 5 heteroatoms. The van der Waals surface area contributed by atoms with Crippen molar-refractivity contribution in [2.75, 3.05) is 14.1 Å². The highest BCUT2D eigenvalue weighted by atomic mass is 16.2. The van der Waals surface area contributed by atoms with Crippen molar-refractivity contribution in [2.24, 2.45) is 0 Å². The summed E-state index contributed by atoms with van der Waals surface area (Å²) in [6.45, 7) is 4.53. The lowest BCUT2D eigenvalue weighted by atomic mass is 9.97. The number of nitrogens with zero attached hydrogens (tertiary/aromatic N) is 1. The van der Waals surface area contributed by atoms with Crippen LogP contribution in [-0.2, 0) is 19.2 Å². The third-order valence-corrected chi connectivity index (χ3v) is 10.4. The smallest absolute Gasteiger partial charge is 0.204 e. The highest BCUT2D eigenvalue weighted by molar-refractivity contribution is 5.99. The molecule has 0 aromatic rings. The molecule has 0 saturated heterocycles. The van der Waals surface area contributed by atoms with E-state index in [1.54, 1.807) is 14.1 Å². The molecule has 5 nitrogen and oxygen atoms in total. The number of ketones is 2. The van der Waals surface area contributed by atoms with Gasteiger partial charge in [0.25, 0.3) is 0 Å². The lowest BCUT2D eigenvalue weighted by Crippen LogP contribution is -2.62. The van der Waals surface area contributed by atoms with Gasteiger partial charge in [0, 0.05) is 12.8 Å². The summed E-state index contributed by atoms with van der Waals surface area (Å²) < 4.78 is -0.192. The third kappa shape index (κ3) is 25.3. The summed E-state index contributed by atoms with van der Waals surface area (Å²) in [6.07, 6.45) is 39.9. The van der Waals surface area contributed by atoms with Gasteiger partial charge in [-0.1, -0.05) is 194 Å². The van der Waals surface area contributed by atoms with E-state index in [0.717, 1.165) is 38.5 Å². The largest absolute Gasteiger partial charge is 0.299 e. The molecule has 47 heavy (non-hydrogen) atoms. The van der Waals surface area contributed by atoms with Crippen LogP contribution in [0.4, 0.5) is 0 Å². The second-order valence-corrected chi connectivity index (χ2v) is 15.1. The van der Waals surface area contributed by atoms with Gasteiger partial charge in [-0.05, 0) is 12.8 Å². The zero-order chi connectivity index (χ0) is 34.9. The Morgan fingerprint density at radius 3 is 0.766 bits per heavy atom. The Hall–Kier alpha value is -1.36. The summed E-state index contributed by atoms with van der Waals surface area (Å²) in [6, 6.07) is -1.94. The first kappa shape index (κ1) is 45.6. The minimum absolute atomic E-state index is 0.147. The Morgan fingerprint density at radius 2 is 0.574 bits per heavy atom. The maximum absolute atomic E-state index is 13.0. The molecule has 0 rings (SSSR count). The lowest BCUT2D eigenvalue weighted by molar-refractivity contribution is -0.902. The summed E-state index contributed by atoms with van der Waals surface area (Å²) in [5.41, 5.74) is 0. The SMILES string of the molecule is CCCCCCCCCCCCCCCCCC(=O)C(C=O)[N+](C)(C)C(C=O)C(=O)CCCCCCCCCCCCCCCCC. The number of unbranched alkanes of at least 4 members (excludes halogenated alkanes) is 28. The standard InChI is InChI=1S/C42H80NO4/c1-5-7-9-11-13-15-17-19-21-23-25-27-29-31-33-35-41(46)39(37-44)43(3,4)40(38-45)42(47)36-34-32-30-28-26-24-22-20-18-16-14-12-10-8-6-2/h37-40H,5-36H2,1-4H3/q+1. The van der Waals surface area contributed by atoms with Gasteiger partial charge < -0.3 is 0 Å². The second-order valence-electron chi connectivity index (χ2n) is 15.1. The van der Waals surface area contributed by atoms with Crippen LogP contribution in [0.3, 0.4) is 0 Å². The molecular weight excluding hydrogens is 582 g/mol. The minimum Gasteiger partial charge on any atom is -0.299 e. The molecule has 0 radical (unpaired) electrons. The van der Waals surface area contributed by atoms with E-state index < -0.39 is 12.1 Å². The number of hydrogen-bond donors (Lipinski definition) is 0. The van der Waals surface area contributed by atoms with Crippen molar-refractivity contribution >= 4 is 24.1 Å². The fourth-order valence-electron chi connectivity index (χ4n) is 7.02. The van der Waals surface area contributed by atoms with Crippen molar-refractivity contribution in [2.45, 2.75) is 231 Å². The first-order valence-electron chi connectivity index (χ1n) is 20.7. The monoisotopic (exact) mass is 663 g/mol. The molecule has 0 aromatic heterocycles. The lowest BCUT2D eigenvalue weighted by Gasteiger charge is -2.37. The number of likely N-dealkylation sites (N-methyl/N-ethyl adjacent to an activating group) is 1. The predicted octanol–water partition coefficient (Wildman–Crippen LogP) is 11.9. The fourth-order valence-corrected chi connectivity index (χ4v) is 7.02. The van der Waals surface area contributed by atoms with E-state index >= 15 is 0 Å². The van der Waals surface area contributed by atoms with E-state index in [9.17, 15) is 19.2 Å². The minimum atomic E-state index is -0.971. The number of carbonyl (C=O) groups excluding carboxylic acids is 4. The van der Waals surface area contributed by atoms with E-state index in [-0.39, 0.29) is 16.0 Å². The molecule has 0 heterocycles. The van der Waals surface area contributed by atoms with Crippen molar-refractivity contribution in [3.8, 4) is 0 Å². The van der Waals surface area contributed by atoms with Crippen molar-refractivity contribution in [1.82, 2.24) is 0 Å². The summed E-state index contributed by atoms with van der Waals surface area (Å²) in [4.78, 5) is 50.1. The predicted molar refractivity (Wildman–Crippen MR) is 201 cm³/mol. The van der Waals surface area contributed by atoms with Crippen LogP contribution in [0.1, 0.15) is 219 Å². The molecule has 0 N–H and O–H groups in total. The van der Waals surface area contributed by atoms with Crippen molar-refractivity contribution < 1.29 is 23.7 Å². The Morgan fingerprint density at radius 1 is 0.383 bits per heavy atom. The van der Waals surface area contributed by atoms with E-state index in [1.807, 2.05) is 0 Å². The van der Waals surface area contributed by atoms with E-state index in [1.165, 1.54) is 154 Å². The first-order valence-corrected chi connectivity index (χ1v) is 20.7. The van der Waals surface area contributed by atoms with Crippen molar-refractivity contribution in [1.29, 1.82) is 0 Å². The van der Waals surface area contributed by atoms with Gasteiger partial charge in [0.2, 0.25) is 12.1 Å². The summed E-state index contributed by atoms with van der Waals surface area (Å²) >= 11 is 0. The number of quaternary nitrogens is 1. The molecular formula is C42H80NO4+.